The van der Waals surface area contributed by atoms with E-state index in [0.29, 0.717) is 6.04 Å². The molecule has 1 heterocycles. The average molecular weight is 392 g/mol. The monoisotopic (exact) mass is 391 g/mol. The van der Waals surface area contributed by atoms with Crippen LogP contribution in [0.4, 0.5) is 0 Å². The molecule has 2 heteroatoms. The Hall–Kier alpha value is -0.790. The van der Waals surface area contributed by atoms with Gasteiger partial charge in [-0.3, -0.25) is 0 Å². The van der Waals surface area contributed by atoms with E-state index in [4.69, 9.17) is 0 Å². The molecule has 0 aromatic carbocycles. The van der Waals surface area contributed by atoms with Crippen LogP contribution in [0.5, 0.6) is 0 Å². The number of imidazole rings is 1. The SMILES string of the molecule is CCCCCCCCCCCCCCCCCCCc1n(C(C)C)cc[n+]1C. The van der Waals surface area contributed by atoms with Crippen LogP contribution < -0.4 is 4.57 Å². The molecule has 0 saturated heterocycles. The first-order chi connectivity index (χ1) is 13.7. The minimum atomic E-state index is 0.571. The third kappa shape index (κ3) is 11.9. The van der Waals surface area contributed by atoms with Crippen molar-refractivity contribution >= 4 is 0 Å². The van der Waals surface area contributed by atoms with E-state index in [9.17, 15) is 0 Å². The van der Waals surface area contributed by atoms with Gasteiger partial charge < -0.3 is 0 Å². The zero-order valence-corrected chi connectivity index (χ0v) is 19.9. The Kier molecular flexibility index (Phi) is 15.4. The Balaban J connectivity index is 1.83. The van der Waals surface area contributed by atoms with E-state index in [1.165, 1.54) is 121 Å². The summed E-state index contributed by atoms with van der Waals surface area (Å²) in [6.07, 6.45) is 30.2. The molecule has 1 aromatic heterocycles. The van der Waals surface area contributed by atoms with Gasteiger partial charge in [-0.05, 0) is 20.3 Å². The van der Waals surface area contributed by atoms with Crippen LogP contribution in [0, 0.1) is 0 Å². The lowest BCUT2D eigenvalue weighted by atomic mass is 10.0. The molecule has 1 rings (SSSR count). The van der Waals surface area contributed by atoms with Crippen LogP contribution in [0.2, 0.25) is 0 Å². The molecule has 1 aromatic rings. The van der Waals surface area contributed by atoms with Crippen molar-refractivity contribution in [1.29, 1.82) is 0 Å². The third-order valence-electron chi connectivity index (χ3n) is 6.22. The number of aromatic nitrogens is 2. The fraction of sp³-hybridized carbons (Fsp3) is 0.885. The fourth-order valence-electron chi connectivity index (χ4n) is 4.31. The topological polar surface area (TPSA) is 8.81 Å². The van der Waals surface area contributed by atoms with Crippen molar-refractivity contribution in [2.45, 2.75) is 142 Å². The van der Waals surface area contributed by atoms with Crippen LogP contribution in [0.3, 0.4) is 0 Å². The quantitative estimate of drug-likeness (QED) is 0.166. The highest BCUT2D eigenvalue weighted by molar-refractivity contribution is 4.86. The van der Waals surface area contributed by atoms with Crippen molar-refractivity contribution in [2.24, 2.45) is 7.05 Å². The number of hydrogen-bond donors (Lipinski definition) is 0. The smallest absolute Gasteiger partial charge is 0.237 e. The Labute approximate surface area is 177 Å². The standard InChI is InChI=1S/C26H51N2/c1-5-6-7-8-9-10-11-12-13-14-15-16-17-18-19-20-21-22-26-27(4)23-24-28(26)25(2)3/h23-25H,5-22H2,1-4H3/q+1. The molecule has 0 atom stereocenters. The number of hydrogen-bond acceptors (Lipinski definition) is 0. The molecular weight excluding hydrogens is 340 g/mol. The van der Waals surface area contributed by atoms with Gasteiger partial charge in [0.05, 0.1) is 13.1 Å². The second-order valence-electron chi connectivity index (χ2n) is 9.23. The van der Waals surface area contributed by atoms with Crippen LogP contribution >= 0.6 is 0 Å². The summed E-state index contributed by atoms with van der Waals surface area (Å²) in [5, 5.41) is 0. The maximum Gasteiger partial charge on any atom is 0.256 e. The van der Waals surface area contributed by atoms with Crippen molar-refractivity contribution in [3.63, 3.8) is 0 Å². The van der Waals surface area contributed by atoms with Gasteiger partial charge in [-0.2, -0.15) is 0 Å². The molecule has 0 aliphatic carbocycles. The molecule has 0 aliphatic heterocycles. The van der Waals surface area contributed by atoms with Gasteiger partial charge in [-0.25, -0.2) is 9.13 Å². The van der Waals surface area contributed by atoms with E-state index in [1.807, 2.05) is 0 Å². The first kappa shape index (κ1) is 25.2. The van der Waals surface area contributed by atoms with E-state index in [2.05, 4.69) is 49.3 Å². The van der Waals surface area contributed by atoms with Gasteiger partial charge in [0, 0.05) is 6.42 Å². The lowest BCUT2D eigenvalue weighted by molar-refractivity contribution is -0.679. The number of aryl methyl sites for hydroxylation is 1. The van der Waals surface area contributed by atoms with E-state index >= 15 is 0 Å². The Bertz CT molecular complexity index is 461. The van der Waals surface area contributed by atoms with Gasteiger partial charge in [0.15, 0.2) is 0 Å². The van der Waals surface area contributed by atoms with Crippen molar-refractivity contribution in [2.75, 3.05) is 0 Å². The minimum absolute atomic E-state index is 0.571. The molecule has 0 bridgehead atoms. The maximum atomic E-state index is 2.42. The van der Waals surface area contributed by atoms with Gasteiger partial charge in [0.1, 0.15) is 12.4 Å². The summed E-state index contributed by atoms with van der Waals surface area (Å²) < 4.78 is 4.72. The van der Waals surface area contributed by atoms with Crippen molar-refractivity contribution < 1.29 is 4.57 Å². The minimum Gasteiger partial charge on any atom is -0.237 e. The molecule has 0 amide bonds. The Morgan fingerprint density at radius 2 is 1.07 bits per heavy atom. The van der Waals surface area contributed by atoms with E-state index in [0.717, 1.165) is 0 Å². The van der Waals surface area contributed by atoms with Crippen LogP contribution in [0.15, 0.2) is 12.4 Å². The van der Waals surface area contributed by atoms with Gasteiger partial charge in [-0.15, -0.1) is 0 Å². The summed E-state index contributed by atoms with van der Waals surface area (Å²) in [5.41, 5.74) is 0. The molecule has 28 heavy (non-hydrogen) atoms. The first-order valence-corrected chi connectivity index (χ1v) is 12.7. The zero-order chi connectivity index (χ0) is 20.5. The zero-order valence-electron chi connectivity index (χ0n) is 19.9. The number of rotatable bonds is 19. The van der Waals surface area contributed by atoms with Crippen LogP contribution in [0.25, 0.3) is 0 Å². The molecule has 0 N–H and O–H groups in total. The molecule has 2 nitrogen and oxygen atoms in total. The molecule has 0 fully saturated rings. The van der Waals surface area contributed by atoms with Crippen LogP contribution in [0.1, 0.15) is 142 Å². The predicted molar refractivity (Wildman–Crippen MR) is 124 cm³/mol. The summed E-state index contributed by atoms with van der Waals surface area (Å²) >= 11 is 0. The lowest BCUT2D eigenvalue weighted by Crippen LogP contribution is -2.32. The lowest BCUT2D eigenvalue weighted by Gasteiger charge is -2.06. The summed E-state index contributed by atoms with van der Waals surface area (Å²) in [6, 6.07) is 0.571. The molecule has 0 spiro atoms. The molecule has 0 unspecified atom stereocenters. The fourth-order valence-corrected chi connectivity index (χ4v) is 4.31. The van der Waals surface area contributed by atoms with Gasteiger partial charge in [0.25, 0.3) is 5.82 Å². The largest absolute Gasteiger partial charge is 0.256 e. The highest BCUT2D eigenvalue weighted by Gasteiger charge is 2.15. The molecule has 0 aliphatic rings. The van der Waals surface area contributed by atoms with E-state index in [1.54, 1.807) is 0 Å². The normalized spacial score (nSPS) is 11.6. The van der Waals surface area contributed by atoms with Crippen molar-refractivity contribution in [1.82, 2.24) is 4.57 Å². The first-order valence-electron chi connectivity index (χ1n) is 12.7. The number of nitrogens with zero attached hydrogens (tertiary/aromatic N) is 2. The average Bonchev–Trinajstić information content (AvgIpc) is 3.05. The highest BCUT2D eigenvalue weighted by atomic mass is 15.1. The van der Waals surface area contributed by atoms with Crippen LogP contribution in [-0.2, 0) is 13.5 Å². The summed E-state index contributed by atoms with van der Waals surface area (Å²) in [7, 11) is 2.18. The molecule has 0 radical (unpaired) electrons. The molecule has 0 saturated carbocycles. The van der Waals surface area contributed by atoms with Gasteiger partial charge in [-0.1, -0.05) is 110 Å². The second-order valence-corrected chi connectivity index (χ2v) is 9.23. The van der Waals surface area contributed by atoms with Gasteiger partial charge >= 0.3 is 0 Å². The molecular formula is C26H51N2+. The third-order valence-corrected chi connectivity index (χ3v) is 6.22. The molecule has 164 valence electrons. The Morgan fingerprint density at radius 1 is 0.679 bits per heavy atom. The maximum absolute atomic E-state index is 2.42. The van der Waals surface area contributed by atoms with E-state index in [-0.39, 0.29) is 0 Å². The summed E-state index contributed by atoms with van der Waals surface area (Å²) in [5.74, 6) is 1.48. The highest BCUT2D eigenvalue weighted by Crippen LogP contribution is 2.15. The predicted octanol–water partition coefficient (Wildman–Crippen LogP) is 8.09. The summed E-state index contributed by atoms with van der Waals surface area (Å²) in [6.45, 7) is 6.85. The summed E-state index contributed by atoms with van der Waals surface area (Å²) in [4.78, 5) is 0. The Morgan fingerprint density at radius 3 is 1.46 bits per heavy atom. The van der Waals surface area contributed by atoms with Gasteiger partial charge in [0.2, 0.25) is 0 Å². The second kappa shape index (κ2) is 17.1. The van der Waals surface area contributed by atoms with Crippen molar-refractivity contribution in [3.05, 3.63) is 18.2 Å². The van der Waals surface area contributed by atoms with E-state index < -0.39 is 0 Å². The number of unbranched alkanes of at least 4 members (excludes halogenated alkanes) is 16. The van der Waals surface area contributed by atoms with Crippen molar-refractivity contribution in [3.8, 4) is 0 Å². The van der Waals surface area contributed by atoms with Crippen LogP contribution in [-0.4, -0.2) is 4.57 Å².